The molecule has 1 aromatic carbocycles. The zero-order chi connectivity index (χ0) is 11.9. The number of ether oxygens (including phenoxy) is 1. The van der Waals surface area contributed by atoms with E-state index in [1.807, 2.05) is 18.5 Å². The number of halogens is 1. The molecule has 0 saturated carbocycles. The van der Waals surface area contributed by atoms with Gasteiger partial charge < -0.3 is 9.30 Å². The number of aldehydes is 1. The highest BCUT2D eigenvalue weighted by atomic mass is 19.1. The molecule has 0 amide bonds. The van der Waals surface area contributed by atoms with Crippen LogP contribution in [-0.2, 0) is 7.05 Å². The van der Waals surface area contributed by atoms with Gasteiger partial charge in [0.25, 0.3) is 0 Å². The van der Waals surface area contributed by atoms with Crippen molar-refractivity contribution in [1.29, 1.82) is 0 Å². The lowest BCUT2D eigenvalue weighted by Gasteiger charge is -2.03. The normalized spacial score (nSPS) is 10.8. The third-order valence-corrected chi connectivity index (χ3v) is 2.93. The van der Waals surface area contributed by atoms with Crippen LogP contribution in [0.25, 0.3) is 10.9 Å². The maximum atomic E-state index is 13.5. The Labute approximate surface area is 92.4 Å². The van der Waals surface area contributed by atoms with E-state index < -0.39 is 5.82 Å². The summed E-state index contributed by atoms with van der Waals surface area (Å²) in [5.41, 5.74) is 2.13. The summed E-state index contributed by atoms with van der Waals surface area (Å²) in [6.07, 6.45) is 0.754. The molecule has 3 nitrogen and oxygen atoms in total. The first-order valence-corrected chi connectivity index (χ1v) is 4.87. The smallest absolute Gasteiger partial charge is 0.165 e. The Kier molecular flexibility index (Phi) is 2.42. The van der Waals surface area contributed by atoms with Gasteiger partial charge in [-0.25, -0.2) is 4.39 Å². The quantitative estimate of drug-likeness (QED) is 0.729. The fourth-order valence-electron chi connectivity index (χ4n) is 1.90. The van der Waals surface area contributed by atoms with E-state index in [4.69, 9.17) is 4.74 Å². The first kappa shape index (κ1) is 10.7. The third kappa shape index (κ3) is 1.30. The van der Waals surface area contributed by atoms with Crippen molar-refractivity contribution in [3.8, 4) is 5.75 Å². The molecule has 2 aromatic rings. The lowest BCUT2D eigenvalue weighted by atomic mass is 10.1. The molecule has 0 bridgehead atoms. The van der Waals surface area contributed by atoms with E-state index >= 15 is 0 Å². The van der Waals surface area contributed by atoms with Crippen LogP contribution in [-0.4, -0.2) is 18.0 Å². The molecule has 0 saturated heterocycles. The average molecular weight is 221 g/mol. The molecule has 2 rings (SSSR count). The molecular formula is C12H12FNO2. The van der Waals surface area contributed by atoms with Crippen LogP contribution in [0.1, 0.15) is 16.1 Å². The third-order valence-electron chi connectivity index (χ3n) is 2.93. The first-order valence-electron chi connectivity index (χ1n) is 4.87. The molecule has 0 unspecified atom stereocenters. The van der Waals surface area contributed by atoms with Crippen LogP contribution in [0.4, 0.5) is 4.39 Å². The number of carbonyl (C=O) groups is 1. The summed E-state index contributed by atoms with van der Waals surface area (Å²) >= 11 is 0. The van der Waals surface area contributed by atoms with Gasteiger partial charge in [0.1, 0.15) is 0 Å². The molecule has 4 heteroatoms. The molecule has 1 heterocycles. The molecule has 0 aliphatic carbocycles. The molecule has 0 spiro atoms. The number of hydrogen-bond donors (Lipinski definition) is 0. The van der Waals surface area contributed by atoms with Gasteiger partial charge in [0.2, 0.25) is 0 Å². The highest BCUT2D eigenvalue weighted by Crippen LogP contribution is 2.29. The Morgan fingerprint density at radius 2 is 2.12 bits per heavy atom. The highest BCUT2D eigenvalue weighted by molar-refractivity contribution is 5.99. The van der Waals surface area contributed by atoms with Crippen LogP contribution in [0.15, 0.2) is 12.1 Å². The van der Waals surface area contributed by atoms with E-state index in [0.717, 1.165) is 17.5 Å². The Bertz CT molecular complexity index is 572. The van der Waals surface area contributed by atoms with Crippen LogP contribution in [0.5, 0.6) is 5.75 Å². The summed E-state index contributed by atoms with van der Waals surface area (Å²) in [5, 5.41) is 0.619. The predicted octanol–water partition coefficient (Wildman–Crippen LogP) is 2.45. The summed E-state index contributed by atoms with van der Waals surface area (Å²) in [4.78, 5) is 11.0. The van der Waals surface area contributed by atoms with Crippen molar-refractivity contribution in [3.63, 3.8) is 0 Å². The van der Waals surface area contributed by atoms with Crippen molar-refractivity contribution < 1.29 is 13.9 Å². The van der Waals surface area contributed by atoms with Crippen LogP contribution in [0.2, 0.25) is 0 Å². The minimum absolute atomic E-state index is 0.186. The second kappa shape index (κ2) is 3.63. The fourth-order valence-corrected chi connectivity index (χ4v) is 1.90. The number of methoxy groups -OCH3 is 1. The van der Waals surface area contributed by atoms with E-state index in [-0.39, 0.29) is 5.75 Å². The topological polar surface area (TPSA) is 31.2 Å². The minimum atomic E-state index is -0.455. The van der Waals surface area contributed by atoms with Gasteiger partial charge in [-0.3, -0.25) is 4.79 Å². The molecule has 16 heavy (non-hydrogen) atoms. The fraction of sp³-hybridized carbons (Fsp3) is 0.250. The Morgan fingerprint density at radius 1 is 1.44 bits per heavy atom. The maximum absolute atomic E-state index is 13.5. The van der Waals surface area contributed by atoms with Crippen LogP contribution in [0.3, 0.4) is 0 Å². The Morgan fingerprint density at radius 3 is 2.69 bits per heavy atom. The number of rotatable bonds is 2. The van der Waals surface area contributed by atoms with E-state index in [2.05, 4.69) is 0 Å². The summed E-state index contributed by atoms with van der Waals surface area (Å²) in [6.45, 7) is 1.83. The van der Waals surface area contributed by atoms with Crippen molar-refractivity contribution in [2.24, 2.45) is 7.05 Å². The number of nitrogens with zero attached hydrogens (tertiary/aromatic N) is 1. The molecule has 0 atom stereocenters. The number of aromatic nitrogens is 1. The Hall–Kier alpha value is -1.84. The van der Waals surface area contributed by atoms with E-state index in [1.165, 1.54) is 13.2 Å². The van der Waals surface area contributed by atoms with E-state index in [9.17, 15) is 9.18 Å². The standard InChI is InChI=1S/C12H12FNO2/c1-7-9(6-15)8-4-10(13)12(16-3)5-11(8)14(7)2/h4-6H,1-3H3. The summed E-state index contributed by atoms with van der Waals surface area (Å²) in [5.74, 6) is -0.269. The van der Waals surface area contributed by atoms with Gasteiger partial charge >= 0.3 is 0 Å². The van der Waals surface area contributed by atoms with Gasteiger partial charge in [-0.1, -0.05) is 0 Å². The summed E-state index contributed by atoms with van der Waals surface area (Å²) in [6, 6.07) is 2.94. The second-order valence-electron chi connectivity index (χ2n) is 3.68. The van der Waals surface area contributed by atoms with Gasteiger partial charge in [-0.15, -0.1) is 0 Å². The molecule has 84 valence electrons. The van der Waals surface area contributed by atoms with Crippen molar-refractivity contribution in [2.75, 3.05) is 7.11 Å². The molecule has 0 aliphatic rings. The monoisotopic (exact) mass is 221 g/mol. The van der Waals surface area contributed by atoms with Crippen LogP contribution in [0, 0.1) is 12.7 Å². The highest BCUT2D eigenvalue weighted by Gasteiger charge is 2.14. The van der Waals surface area contributed by atoms with Crippen LogP contribution < -0.4 is 4.74 Å². The summed E-state index contributed by atoms with van der Waals surface area (Å²) in [7, 11) is 3.25. The molecule has 0 aliphatic heterocycles. The average Bonchev–Trinajstić information content (AvgIpc) is 2.50. The largest absolute Gasteiger partial charge is 0.494 e. The Balaban J connectivity index is 2.90. The summed E-state index contributed by atoms with van der Waals surface area (Å²) < 4.78 is 20.3. The van der Waals surface area contributed by atoms with Crippen molar-refractivity contribution in [2.45, 2.75) is 6.92 Å². The second-order valence-corrected chi connectivity index (χ2v) is 3.68. The van der Waals surface area contributed by atoms with Crippen molar-refractivity contribution >= 4 is 17.2 Å². The number of carbonyl (C=O) groups excluding carboxylic acids is 1. The van der Waals surface area contributed by atoms with Gasteiger partial charge in [-0.2, -0.15) is 0 Å². The van der Waals surface area contributed by atoms with E-state index in [0.29, 0.717) is 10.9 Å². The predicted molar refractivity (Wildman–Crippen MR) is 59.6 cm³/mol. The number of hydrogen-bond acceptors (Lipinski definition) is 2. The maximum Gasteiger partial charge on any atom is 0.165 e. The zero-order valence-corrected chi connectivity index (χ0v) is 9.37. The van der Waals surface area contributed by atoms with Gasteiger partial charge in [-0.05, 0) is 13.0 Å². The number of fused-ring (bicyclic) bond motifs is 1. The molecule has 0 N–H and O–H groups in total. The minimum Gasteiger partial charge on any atom is -0.494 e. The first-order chi connectivity index (χ1) is 7.60. The van der Waals surface area contributed by atoms with Crippen molar-refractivity contribution in [1.82, 2.24) is 4.57 Å². The van der Waals surface area contributed by atoms with Gasteiger partial charge in [0.05, 0.1) is 12.6 Å². The SMILES string of the molecule is COc1cc2c(cc1F)c(C=O)c(C)n2C. The van der Waals surface area contributed by atoms with Crippen molar-refractivity contribution in [3.05, 3.63) is 29.2 Å². The molecule has 1 aromatic heterocycles. The van der Waals surface area contributed by atoms with E-state index in [1.54, 1.807) is 6.07 Å². The molecule has 0 fully saturated rings. The number of aryl methyl sites for hydroxylation is 1. The molecular weight excluding hydrogens is 209 g/mol. The van der Waals surface area contributed by atoms with Gasteiger partial charge in [0.15, 0.2) is 17.9 Å². The number of benzene rings is 1. The molecule has 0 radical (unpaired) electrons. The lowest BCUT2D eigenvalue weighted by molar-refractivity contribution is 0.112. The zero-order valence-electron chi connectivity index (χ0n) is 9.37. The van der Waals surface area contributed by atoms with Crippen LogP contribution >= 0.6 is 0 Å². The van der Waals surface area contributed by atoms with Gasteiger partial charge in [0, 0.05) is 29.8 Å². The lowest BCUT2D eigenvalue weighted by Crippen LogP contribution is -1.92.